The molecule has 0 unspecified atom stereocenters. The molecule has 0 spiro atoms. The molecule has 1 aliphatic rings. The molecule has 1 aliphatic heterocycles. The van der Waals surface area contributed by atoms with Crippen molar-refractivity contribution >= 4 is 11.6 Å². The smallest absolute Gasteiger partial charge is 0.292 e. The third kappa shape index (κ3) is 5.54. The van der Waals surface area contributed by atoms with Gasteiger partial charge in [0.2, 0.25) is 0 Å². The largest absolute Gasteiger partial charge is 0.348 e. The Morgan fingerprint density at radius 3 is 2.41 bits per heavy atom. The molecule has 1 amide bonds. The summed E-state index contributed by atoms with van der Waals surface area (Å²) in [5.74, 6) is -0.338. The Morgan fingerprint density at radius 2 is 1.72 bits per heavy atom. The molecule has 10 nitrogen and oxygen atoms in total. The van der Waals surface area contributed by atoms with Crippen LogP contribution in [0.2, 0.25) is 0 Å². The van der Waals surface area contributed by atoms with Crippen LogP contribution < -0.4 is 5.32 Å². The van der Waals surface area contributed by atoms with Crippen LogP contribution in [0.5, 0.6) is 0 Å². The molecular formula is C22H24N6O4. The summed E-state index contributed by atoms with van der Waals surface area (Å²) in [6, 6.07) is 16.1. The number of hydrogen-bond donors (Lipinski definition) is 1. The number of nitro benzene ring substituents is 1. The van der Waals surface area contributed by atoms with Crippen LogP contribution >= 0.6 is 0 Å². The van der Waals surface area contributed by atoms with E-state index in [9.17, 15) is 14.9 Å². The number of nitrogens with one attached hydrogen (secondary N) is 1. The van der Waals surface area contributed by atoms with Gasteiger partial charge in [-0.1, -0.05) is 35.5 Å². The van der Waals surface area contributed by atoms with Crippen molar-refractivity contribution < 1.29 is 14.2 Å². The molecule has 4 rings (SSSR count). The second-order valence-electron chi connectivity index (χ2n) is 7.59. The third-order valence-electron chi connectivity index (χ3n) is 5.38. The molecule has 2 heterocycles. The average molecular weight is 436 g/mol. The maximum atomic E-state index is 12.3. The minimum absolute atomic E-state index is 0.0351. The van der Waals surface area contributed by atoms with Crippen LogP contribution in [0.15, 0.2) is 59.1 Å². The summed E-state index contributed by atoms with van der Waals surface area (Å²) in [6.07, 6.45) is 0. The molecular weight excluding hydrogens is 412 g/mol. The van der Waals surface area contributed by atoms with E-state index in [0.29, 0.717) is 12.1 Å². The molecule has 2 aromatic carbocycles. The van der Waals surface area contributed by atoms with Gasteiger partial charge < -0.3 is 9.84 Å². The Morgan fingerprint density at radius 1 is 1.03 bits per heavy atom. The first-order chi connectivity index (χ1) is 15.6. The van der Waals surface area contributed by atoms with Crippen molar-refractivity contribution in [3.05, 3.63) is 76.1 Å². The fourth-order valence-electron chi connectivity index (χ4n) is 3.58. The summed E-state index contributed by atoms with van der Waals surface area (Å²) >= 11 is 0. The molecule has 166 valence electrons. The first-order valence-corrected chi connectivity index (χ1v) is 10.4. The van der Waals surface area contributed by atoms with Gasteiger partial charge in [-0.15, -0.1) is 0 Å². The number of nitrogens with zero attached hydrogens (tertiary/aromatic N) is 5. The quantitative estimate of drug-likeness (QED) is 0.422. The lowest BCUT2D eigenvalue weighted by Crippen LogP contribution is -2.48. The van der Waals surface area contributed by atoms with Crippen molar-refractivity contribution in [2.45, 2.75) is 6.54 Å². The highest BCUT2D eigenvalue weighted by molar-refractivity contribution is 5.90. The van der Waals surface area contributed by atoms with Gasteiger partial charge in [0.1, 0.15) is 0 Å². The van der Waals surface area contributed by atoms with E-state index in [2.05, 4.69) is 49.5 Å². The molecule has 10 heteroatoms. The predicted molar refractivity (Wildman–Crippen MR) is 117 cm³/mol. The van der Waals surface area contributed by atoms with Gasteiger partial charge in [0.15, 0.2) is 0 Å². The zero-order valence-electron chi connectivity index (χ0n) is 17.5. The van der Waals surface area contributed by atoms with Crippen molar-refractivity contribution in [2.75, 3.05) is 39.3 Å². The zero-order valence-corrected chi connectivity index (χ0v) is 17.5. The molecule has 0 radical (unpaired) electrons. The van der Waals surface area contributed by atoms with Gasteiger partial charge in [0.25, 0.3) is 23.3 Å². The molecule has 0 saturated carbocycles. The zero-order chi connectivity index (χ0) is 22.3. The van der Waals surface area contributed by atoms with Crippen molar-refractivity contribution in [1.29, 1.82) is 0 Å². The van der Waals surface area contributed by atoms with E-state index in [4.69, 9.17) is 4.52 Å². The molecule has 1 N–H and O–H groups in total. The lowest BCUT2D eigenvalue weighted by molar-refractivity contribution is -0.384. The highest BCUT2D eigenvalue weighted by atomic mass is 16.6. The first-order valence-electron chi connectivity index (χ1n) is 10.4. The van der Waals surface area contributed by atoms with E-state index in [0.717, 1.165) is 39.3 Å². The van der Waals surface area contributed by atoms with Gasteiger partial charge in [0, 0.05) is 63.5 Å². The molecule has 1 aromatic heterocycles. The molecule has 0 aliphatic carbocycles. The van der Waals surface area contributed by atoms with Crippen LogP contribution in [-0.4, -0.2) is 70.0 Å². The molecule has 0 atom stereocenters. The van der Waals surface area contributed by atoms with Crippen LogP contribution in [-0.2, 0) is 6.54 Å². The number of amides is 1. The predicted octanol–water partition coefficient (Wildman–Crippen LogP) is 2.19. The number of benzene rings is 2. The van der Waals surface area contributed by atoms with E-state index in [-0.39, 0.29) is 17.4 Å². The van der Waals surface area contributed by atoms with Gasteiger partial charge in [-0.2, -0.15) is 4.98 Å². The van der Waals surface area contributed by atoms with E-state index in [1.54, 1.807) is 0 Å². The summed E-state index contributed by atoms with van der Waals surface area (Å²) in [5.41, 5.74) is 1.80. The van der Waals surface area contributed by atoms with Gasteiger partial charge in [0.05, 0.1) is 4.92 Å². The van der Waals surface area contributed by atoms with E-state index in [1.165, 1.54) is 29.8 Å². The second kappa shape index (κ2) is 10.1. The fourth-order valence-corrected chi connectivity index (χ4v) is 3.58. The molecule has 3 aromatic rings. The van der Waals surface area contributed by atoms with E-state index < -0.39 is 10.8 Å². The Labute approximate surface area is 185 Å². The topological polar surface area (TPSA) is 118 Å². The minimum atomic E-state index is -0.486. The molecule has 32 heavy (non-hydrogen) atoms. The van der Waals surface area contributed by atoms with Gasteiger partial charge in [-0.25, -0.2) is 0 Å². The summed E-state index contributed by atoms with van der Waals surface area (Å²) in [4.78, 5) is 31.4. The molecule has 1 fully saturated rings. The molecule has 0 bridgehead atoms. The number of carbonyl (C=O) groups excluding carboxylic acids is 1. The van der Waals surface area contributed by atoms with Crippen molar-refractivity contribution in [3.63, 3.8) is 0 Å². The summed E-state index contributed by atoms with van der Waals surface area (Å²) in [6.45, 7) is 6.08. The Kier molecular flexibility index (Phi) is 6.83. The maximum Gasteiger partial charge on any atom is 0.292 e. The summed E-state index contributed by atoms with van der Waals surface area (Å²) in [5, 5.41) is 17.3. The van der Waals surface area contributed by atoms with Gasteiger partial charge in [-0.05, 0) is 17.7 Å². The standard InChI is InChI=1S/C22H24N6O4/c29-21(20-24-22(32-25-20)18-6-8-19(9-7-18)28(30)31)23-10-11-26-12-14-27(15-13-26)16-17-4-2-1-3-5-17/h1-9H,10-16H2,(H,23,29). The SMILES string of the molecule is O=C(NCCN1CCN(Cc2ccccc2)CC1)c1noc(-c2ccc([N+](=O)[O-])cc2)n1. The number of carbonyl (C=O) groups is 1. The monoisotopic (exact) mass is 436 g/mol. The summed E-state index contributed by atoms with van der Waals surface area (Å²) < 4.78 is 5.12. The number of non-ortho nitro benzene ring substituents is 1. The average Bonchev–Trinajstić information content (AvgIpc) is 3.31. The second-order valence-corrected chi connectivity index (χ2v) is 7.59. The highest BCUT2D eigenvalue weighted by Gasteiger charge is 2.19. The van der Waals surface area contributed by atoms with Crippen molar-refractivity contribution in [3.8, 4) is 11.5 Å². The Bertz CT molecular complexity index is 1050. The minimum Gasteiger partial charge on any atom is -0.348 e. The highest BCUT2D eigenvalue weighted by Crippen LogP contribution is 2.20. The normalized spacial score (nSPS) is 14.9. The lowest BCUT2D eigenvalue weighted by Gasteiger charge is -2.34. The van der Waals surface area contributed by atoms with Crippen molar-refractivity contribution in [2.24, 2.45) is 0 Å². The van der Waals surface area contributed by atoms with Crippen LogP contribution in [0.1, 0.15) is 16.2 Å². The van der Waals surface area contributed by atoms with Gasteiger partial charge >= 0.3 is 0 Å². The van der Waals surface area contributed by atoms with Crippen LogP contribution in [0.25, 0.3) is 11.5 Å². The van der Waals surface area contributed by atoms with Crippen LogP contribution in [0.4, 0.5) is 5.69 Å². The van der Waals surface area contributed by atoms with E-state index >= 15 is 0 Å². The number of piperazine rings is 1. The molecule has 1 saturated heterocycles. The summed E-state index contributed by atoms with van der Waals surface area (Å²) in [7, 11) is 0. The van der Waals surface area contributed by atoms with E-state index in [1.807, 2.05) is 6.07 Å². The first kappa shape index (κ1) is 21.6. The fraction of sp³-hybridized carbons (Fsp3) is 0.318. The third-order valence-corrected chi connectivity index (χ3v) is 5.38. The number of nitro groups is 1. The Hall–Kier alpha value is -3.63. The Balaban J connectivity index is 1.20. The number of hydrogen-bond acceptors (Lipinski definition) is 8. The van der Waals surface area contributed by atoms with Crippen LogP contribution in [0, 0.1) is 10.1 Å². The number of aromatic nitrogens is 2. The van der Waals surface area contributed by atoms with Crippen molar-refractivity contribution in [1.82, 2.24) is 25.3 Å². The van der Waals surface area contributed by atoms with Crippen LogP contribution in [0.3, 0.4) is 0 Å². The lowest BCUT2D eigenvalue weighted by atomic mass is 10.2. The maximum absolute atomic E-state index is 12.3. The van der Waals surface area contributed by atoms with Gasteiger partial charge in [-0.3, -0.25) is 24.7 Å². The number of rotatable bonds is 8.